The number of piperazine rings is 1. The van der Waals surface area contributed by atoms with Crippen molar-refractivity contribution in [2.45, 2.75) is 6.61 Å². The van der Waals surface area contributed by atoms with E-state index in [0.29, 0.717) is 38.6 Å². The van der Waals surface area contributed by atoms with E-state index in [2.05, 4.69) is 26.9 Å². The van der Waals surface area contributed by atoms with Gasteiger partial charge in [-0.3, -0.25) is 4.79 Å². The zero-order chi connectivity index (χ0) is 23.3. The van der Waals surface area contributed by atoms with Crippen molar-refractivity contribution in [1.82, 2.24) is 14.9 Å². The van der Waals surface area contributed by atoms with E-state index in [1.54, 1.807) is 0 Å². The topological polar surface area (TPSA) is 58.6 Å². The van der Waals surface area contributed by atoms with Gasteiger partial charge in [0.1, 0.15) is 12.4 Å². The molecule has 0 unspecified atom stereocenters. The lowest BCUT2D eigenvalue weighted by Gasteiger charge is -2.36. The molecule has 0 bridgehead atoms. The van der Waals surface area contributed by atoms with Gasteiger partial charge in [0.15, 0.2) is 5.82 Å². The quantitative estimate of drug-likeness (QED) is 0.363. The van der Waals surface area contributed by atoms with Crippen LogP contribution in [-0.4, -0.2) is 53.6 Å². The third-order valence-electron chi connectivity index (χ3n) is 5.93. The second-order valence-electron chi connectivity index (χ2n) is 8.24. The molecule has 4 aromatic rings. The molecule has 34 heavy (non-hydrogen) atoms. The molecule has 0 saturated carbocycles. The van der Waals surface area contributed by atoms with Crippen LogP contribution in [0.1, 0.15) is 5.56 Å². The minimum absolute atomic E-state index is 0.0259. The van der Waals surface area contributed by atoms with Crippen LogP contribution in [-0.2, 0) is 16.1 Å². The number of halogens is 1. The van der Waals surface area contributed by atoms with Crippen LogP contribution in [0.15, 0.2) is 83.3 Å². The normalized spacial score (nSPS) is 13.9. The molecular formula is C27H25BrN4O2. The first-order chi connectivity index (χ1) is 16.7. The van der Waals surface area contributed by atoms with E-state index in [1.165, 1.54) is 0 Å². The van der Waals surface area contributed by atoms with Crippen molar-refractivity contribution in [2.24, 2.45) is 0 Å². The number of hydrogen-bond acceptors (Lipinski definition) is 5. The average Bonchev–Trinajstić information content (AvgIpc) is 2.89. The number of anilines is 1. The average molecular weight is 517 g/mol. The second kappa shape index (κ2) is 10.3. The molecule has 2 heterocycles. The van der Waals surface area contributed by atoms with Gasteiger partial charge in [0.05, 0.1) is 12.1 Å². The summed E-state index contributed by atoms with van der Waals surface area (Å²) in [5.41, 5.74) is 2.94. The van der Waals surface area contributed by atoms with E-state index in [9.17, 15) is 4.79 Å². The Morgan fingerprint density at radius 2 is 1.65 bits per heavy atom. The maximum absolute atomic E-state index is 12.7. The molecule has 3 aromatic carbocycles. The van der Waals surface area contributed by atoms with Crippen LogP contribution in [0, 0.1) is 0 Å². The monoisotopic (exact) mass is 516 g/mol. The number of carbonyl (C=O) groups is 1. The Balaban J connectivity index is 1.28. The molecule has 172 valence electrons. The highest BCUT2D eigenvalue weighted by Crippen LogP contribution is 2.29. The van der Waals surface area contributed by atoms with Crippen LogP contribution >= 0.6 is 15.9 Å². The Hall–Kier alpha value is -3.29. The zero-order valence-electron chi connectivity index (χ0n) is 18.7. The Bertz CT molecular complexity index is 1290. The van der Waals surface area contributed by atoms with Gasteiger partial charge in [0.2, 0.25) is 5.91 Å². The number of aromatic nitrogens is 2. The molecule has 0 atom stereocenters. The maximum Gasteiger partial charge on any atom is 0.248 e. The van der Waals surface area contributed by atoms with Crippen LogP contribution in [0.5, 0.6) is 0 Å². The number of benzene rings is 3. The fourth-order valence-electron chi connectivity index (χ4n) is 4.15. The molecule has 0 aliphatic carbocycles. The first-order valence-corrected chi connectivity index (χ1v) is 12.1. The molecule has 1 amide bonds. The summed E-state index contributed by atoms with van der Waals surface area (Å²) < 4.78 is 6.64. The number of rotatable bonds is 6. The first kappa shape index (κ1) is 22.5. The first-order valence-electron chi connectivity index (χ1n) is 11.3. The van der Waals surface area contributed by atoms with Gasteiger partial charge in [-0.2, -0.15) is 0 Å². The Kier molecular flexibility index (Phi) is 6.83. The van der Waals surface area contributed by atoms with Gasteiger partial charge >= 0.3 is 0 Å². The standard InChI is InChI=1S/C27H25BrN4O2/c28-22-10-6-9-21(17-22)26-29-24-12-5-4-11-23(24)27(30-26)32-15-13-31(14-16-32)25(33)19-34-18-20-7-2-1-3-8-20/h1-12,17H,13-16,18-19H2. The van der Waals surface area contributed by atoms with E-state index in [4.69, 9.17) is 14.7 Å². The number of ether oxygens (including phenoxy) is 1. The van der Waals surface area contributed by atoms with Crippen LogP contribution in [0.3, 0.4) is 0 Å². The summed E-state index contributed by atoms with van der Waals surface area (Å²) in [5, 5.41) is 1.02. The fraction of sp³-hybridized carbons (Fsp3) is 0.222. The SMILES string of the molecule is O=C(COCc1ccccc1)N1CCN(c2nc(-c3cccc(Br)c3)nc3ccccc23)CC1. The molecule has 6 nitrogen and oxygen atoms in total. The van der Waals surface area contributed by atoms with Gasteiger partial charge in [-0.05, 0) is 29.8 Å². The lowest BCUT2D eigenvalue weighted by Crippen LogP contribution is -2.50. The van der Waals surface area contributed by atoms with Crippen LogP contribution in [0.4, 0.5) is 5.82 Å². The molecule has 7 heteroatoms. The van der Waals surface area contributed by atoms with Crippen molar-refractivity contribution in [2.75, 3.05) is 37.7 Å². The van der Waals surface area contributed by atoms with Crippen molar-refractivity contribution in [3.63, 3.8) is 0 Å². The number of carbonyl (C=O) groups excluding carboxylic acids is 1. The number of nitrogens with zero attached hydrogens (tertiary/aromatic N) is 4. The maximum atomic E-state index is 12.7. The summed E-state index contributed by atoms with van der Waals surface area (Å²) in [4.78, 5) is 26.6. The van der Waals surface area contributed by atoms with Gasteiger partial charge in [-0.25, -0.2) is 9.97 Å². The van der Waals surface area contributed by atoms with Crippen molar-refractivity contribution >= 4 is 38.6 Å². The second-order valence-corrected chi connectivity index (χ2v) is 9.16. The van der Waals surface area contributed by atoms with E-state index in [1.807, 2.05) is 77.7 Å². The largest absolute Gasteiger partial charge is 0.367 e. The summed E-state index contributed by atoms with van der Waals surface area (Å²) in [6.07, 6.45) is 0. The molecule has 0 radical (unpaired) electrons. The predicted molar refractivity (Wildman–Crippen MR) is 138 cm³/mol. The highest BCUT2D eigenvalue weighted by Gasteiger charge is 2.24. The summed E-state index contributed by atoms with van der Waals surface area (Å²) in [5.74, 6) is 1.63. The van der Waals surface area contributed by atoms with Crippen LogP contribution < -0.4 is 4.90 Å². The number of hydrogen-bond donors (Lipinski definition) is 0. The van der Waals surface area contributed by atoms with Gasteiger partial charge in [0.25, 0.3) is 0 Å². The van der Waals surface area contributed by atoms with E-state index in [0.717, 1.165) is 32.3 Å². The minimum Gasteiger partial charge on any atom is -0.367 e. The van der Waals surface area contributed by atoms with E-state index in [-0.39, 0.29) is 12.5 Å². The fourth-order valence-corrected chi connectivity index (χ4v) is 4.55. The Labute approximate surface area is 207 Å². The highest BCUT2D eigenvalue weighted by molar-refractivity contribution is 9.10. The molecule has 0 N–H and O–H groups in total. The van der Waals surface area contributed by atoms with Gasteiger partial charge in [-0.15, -0.1) is 0 Å². The molecule has 5 rings (SSSR count). The molecule has 1 aliphatic heterocycles. The smallest absolute Gasteiger partial charge is 0.248 e. The summed E-state index contributed by atoms with van der Waals surface area (Å²) in [7, 11) is 0. The van der Waals surface area contributed by atoms with Gasteiger partial charge in [0, 0.05) is 41.6 Å². The number of para-hydroxylation sites is 1. The summed E-state index contributed by atoms with van der Waals surface area (Å²) >= 11 is 3.54. The Morgan fingerprint density at radius 3 is 2.44 bits per heavy atom. The lowest BCUT2D eigenvalue weighted by molar-refractivity contribution is -0.136. The van der Waals surface area contributed by atoms with Crippen molar-refractivity contribution in [3.8, 4) is 11.4 Å². The van der Waals surface area contributed by atoms with Crippen molar-refractivity contribution < 1.29 is 9.53 Å². The molecular weight excluding hydrogens is 492 g/mol. The van der Waals surface area contributed by atoms with E-state index >= 15 is 0 Å². The van der Waals surface area contributed by atoms with E-state index < -0.39 is 0 Å². The molecule has 1 saturated heterocycles. The van der Waals surface area contributed by atoms with Crippen LogP contribution in [0.2, 0.25) is 0 Å². The number of fused-ring (bicyclic) bond motifs is 1. The minimum atomic E-state index is 0.0259. The predicted octanol–water partition coefficient (Wildman–Crippen LogP) is 4.92. The Morgan fingerprint density at radius 1 is 0.882 bits per heavy atom. The van der Waals surface area contributed by atoms with Crippen molar-refractivity contribution in [1.29, 1.82) is 0 Å². The molecule has 1 aliphatic rings. The lowest BCUT2D eigenvalue weighted by atomic mass is 10.1. The molecule has 1 fully saturated rings. The third kappa shape index (κ3) is 5.11. The third-order valence-corrected chi connectivity index (χ3v) is 6.43. The summed E-state index contributed by atoms with van der Waals surface area (Å²) in [6.45, 7) is 3.24. The van der Waals surface area contributed by atoms with Gasteiger partial charge in [-0.1, -0.05) is 70.5 Å². The van der Waals surface area contributed by atoms with Crippen LogP contribution in [0.25, 0.3) is 22.3 Å². The molecule has 1 aromatic heterocycles. The van der Waals surface area contributed by atoms with Crippen molar-refractivity contribution in [3.05, 3.63) is 88.9 Å². The summed E-state index contributed by atoms with van der Waals surface area (Å²) in [6, 6.07) is 26.0. The molecule has 0 spiro atoms. The van der Waals surface area contributed by atoms with Gasteiger partial charge < -0.3 is 14.5 Å². The zero-order valence-corrected chi connectivity index (χ0v) is 20.3. The number of amides is 1. The highest BCUT2D eigenvalue weighted by atomic mass is 79.9.